The number of anilines is 1. The molecule has 23 heteroatoms. The summed E-state index contributed by atoms with van der Waals surface area (Å²) in [4.78, 5) is 66.0. The van der Waals surface area contributed by atoms with Crippen molar-refractivity contribution < 1.29 is 70.5 Å². The molecule has 2 saturated heterocycles. The highest BCUT2D eigenvalue weighted by Crippen LogP contribution is 2.66. The lowest BCUT2D eigenvalue weighted by atomic mass is 10.1. The number of amides is 1. The minimum Gasteiger partial charge on any atom is -0.439 e. The number of phosphoric ester groups is 1. The fourth-order valence-electron chi connectivity index (χ4n) is 4.30. The molecule has 2 aliphatic heterocycles. The third-order valence-electron chi connectivity index (χ3n) is 6.28. The van der Waals surface area contributed by atoms with Gasteiger partial charge in [-0.1, -0.05) is 30.3 Å². The van der Waals surface area contributed by atoms with Gasteiger partial charge in [-0.05, 0) is 11.6 Å². The maximum atomic E-state index is 12.6. The van der Waals surface area contributed by atoms with Crippen LogP contribution < -0.4 is 11.0 Å². The first kappa shape index (κ1) is 35.3. The predicted octanol–water partition coefficient (Wildman–Crippen LogP) is 0.857. The van der Waals surface area contributed by atoms with E-state index in [1.165, 1.54) is 12.3 Å². The fraction of sp³-hybridized carbons (Fsp3) is 0.500. The van der Waals surface area contributed by atoms with Gasteiger partial charge in [-0.15, -0.1) is 0 Å². The number of hydrogen-bond acceptors (Lipinski definition) is 14. The average Bonchev–Trinajstić information content (AvgIpc) is 3.49. The summed E-state index contributed by atoms with van der Waals surface area (Å²) in [6, 6.07) is 10.9. The van der Waals surface area contributed by atoms with Crippen molar-refractivity contribution in [3.8, 4) is 0 Å². The molecule has 4 rings (SSSR count). The predicted molar refractivity (Wildman–Crippen MR) is 149 cm³/mol. The summed E-state index contributed by atoms with van der Waals surface area (Å²) in [7, 11) is -16.7. The van der Waals surface area contributed by atoms with Crippen molar-refractivity contribution in [2.75, 3.05) is 44.8 Å². The molecule has 2 fully saturated rings. The molecule has 6 atom stereocenters. The monoisotopic (exact) mass is 700 g/mol. The Labute approximate surface area is 254 Å². The number of cyclic esters (lactones) is 1. The Morgan fingerprint density at radius 2 is 1.73 bits per heavy atom. The van der Waals surface area contributed by atoms with Gasteiger partial charge in [0.15, 0.2) is 0 Å². The van der Waals surface area contributed by atoms with Gasteiger partial charge in [0.25, 0.3) is 0 Å². The van der Waals surface area contributed by atoms with E-state index in [1.54, 1.807) is 4.90 Å². The van der Waals surface area contributed by atoms with Crippen LogP contribution >= 0.6 is 23.5 Å². The van der Waals surface area contributed by atoms with Crippen LogP contribution in [0.5, 0.6) is 0 Å². The van der Waals surface area contributed by atoms with Crippen LogP contribution in [0.25, 0.3) is 0 Å². The summed E-state index contributed by atoms with van der Waals surface area (Å²) in [5.41, 5.74) is 0.154. The fourth-order valence-corrected chi connectivity index (χ4v) is 7.33. The number of hydrogen-bond donors (Lipinski definition) is 6. The standard InChI is InChI=1S/C22H31N4O16P3/c27-16-12-20(39-18(16)14-38-44(33,34)42-45(35,36)41-43(30,31)32)26-8-6-19(24-21(26)28)23-7-10-37-11-9-25-13-17(40-22(25)29)15-4-2-1-3-5-15/h1-6,8,16-18,20,27H,7,9-14H2,(H,33,34)(H,35,36)(H,23,24,28)(H2,30,31,32)/t16-,17?,18+,20+/m0/s1. The Bertz CT molecular complexity index is 1520. The zero-order valence-corrected chi connectivity index (χ0v) is 25.9. The van der Waals surface area contributed by atoms with E-state index in [0.29, 0.717) is 13.1 Å². The summed E-state index contributed by atoms with van der Waals surface area (Å²) in [6.07, 6.45) is -3.28. The summed E-state index contributed by atoms with van der Waals surface area (Å²) in [5.74, 6) is 0.219. The van der Waals surface area contributed by atoms with E-state index < -0.39 is 60.3 Å². The molecule has 3 heterocycles. The van der Waals surface area contributed by atoms with Crippen molar-refractivity contribution in [1.82, 2.24) is 14.5 Å². The van der Waals surface area contributed by atoms with Crippen molar-refractivity contribution in [1.29, 1.82) is 0 Å². The Morgan fingerprint density at radius 1 is 1.00 bits per heavy atom. The van der Waals surface area contributed by atoms with Gasteiger partial charge in [0.1, 0.15) is 24.3 Å². The van der Waals surface area contributed by atoms with Gasteiger partial charge in [-0.2, -0.15) is 13.6 Å². The number of nitrogens with one attached hydrogen (secondary N) is 1. The highest BCUT2D eigenvalue weighted by molar-refractivity contribution is 7.66. The zero-order chi connectivity index (χ0) is 32.8. The van der Waals surface area contributed by atoms with Gasteiger partial charge in [-0.25, -0.2) is 23.3 Å². The summed E-state index contributed by atoms with van der Waals surface area (Å²) in [6.45, 7) is 0.667. The van der Waals surface area contributed by atoms with Crippen LogP contribution in [0.1, 0.15) is 24.3 Å². The number of aromatic nitrogens is 2. The molecular weight excluding hydrogens is 669 g/mol. The summed E-state index contributed by atoms with van der Waals surface area (Å²) >= 11 is 0. The van der Waals surface area contributed by atoms with Crippen molar-refractivity contribution in [3.63, 3.8) is 0 Å². The molecule has 0 spiro atoms. The third-order valence-corrected chi connectivity index (χ3v) is 10.1. The SMILES string of the molecule is O=C1OC(c2ccccc2)CN1CCOCCNc1ccn([C@H]2C[C@H](O)[C@@H](COP(=O)(O)OP(=O)(O)OP(=O)(O)O)O2)c(=O)n1. The van der Waals surface area contributed by atoms with Crippen molar-refractivity contribution in [2.24, 2.45) is 0 Å². The molecule has 0 aliphatic carbocycles. The van der Waals surface area contributed by atoms with E-state index in [4.69, 9.17) is 24.0 Å². The molecule has 2 aliphatic rings. The quantitative estimate of drug-likeness (QED) is 0.105. The zero-order valence-electron chi connectivity index (χ0n) is 23.2. The molecule has 1 aromatic heterocycles. The molecule has 250 valence electrons. The number of nitrogens with zero attached hydrogens (tertiary/aromatic N) is 3. The number of rotatable bonds is 16. The number of aliphatic hydroxyl groups is 1. The maximum Gasteiger partial charge on any atom is 0.490 e. The highest BCUT2D eigenvalue weighted by atomic mass is 31.3. The van der Waals surface area contributed by atoms with E-state index >= 15 is 0 Å². The van der Waals surface area contributed by atoms with Crippen LogP contribution in [0.15, 0.2) is 47.4 Å². The summed E-state index contributed by atoms with van der Waals surface area (Å²) in [5, 5.41) is 13.2. The second-order valence-corrected chi connectivity index (χ2v) is 14.0. The number of carbonyl (C=O) groups excluding carboxylic acids is 1. The molecule has 20 nitrogen and oxygen atoms in total. The van der Waals surface area contributed by atoms with Crippen LogP contribution in [-0.2, 0) is 41.1 Å². The Balaban J connectivity index is 1.17. The van der Waals surface area contributed by atoms with Gasteiger partial charge in [0.2, 0.25) is 0 Å². The van der Waals surface area contributed by atoms with Crippen molar-refractivity contribution >= 4 is 35.4 Å². The van der Waals surface area contributed by atoms with Gasteiger partial charge < -0.3 is 49.1 Å². The number of benzene rings is 1. The number of aliphatic hydroxyl groups excluding tert-OH is 1. The molecule has 45 heavy (non-hydrogen) atoms. The molecular formula is C22H31N4O16P3. The Morgan fingerprint density at radius 3 is 2.42 bits per heavy atom. The average molecular weight is 700 g/mol. The lowest BCUT2D eigenvalue weighted by Gasteiger charge is -2.19. The van der Waals surface area contributed by atoms with Crippen LogP contribution in [0.3, 0.4) is 0 Å². The third kappa shape index (κ3) is 10.8. The molecule has 0 saturated carbocycles. The van der Waals surface area contributed by atoms with Crippen LogP contribution in [0.4, 0.5) is 10.6 Å². The van der Waals surface area contributed by atoms with Gasteiger partial charge in [0, 0.05) is 25.7 Å². The Hall–Kier alpha value is -2.54. The number of phosphoric acid groups is 3. The topological polar surface area (TPSA) is 275 Å². The normalized spacial score (nSPS) is 24.6. The first-order valence-corrected chi connectivity index (χ1v) is 17.7. The molecule has 3 unspecified atom stereocenters. The lowest BCUT2D eigenvalue weighted by Crippen LogP contribution is -2.29. The molecule has 0 radical (unpaired) electrons. The maximum absolute atomic E-state index is 12.6. The van der Waals surface area contributed by atoms with Crippen LogP contribution in [-0.4, -0.2) is 96.9 Å². The number of ether oxygens (including phenoxy) is 3. The smallest absolute Gasteiger partial charge is 0.439 e. The first-order valence-electron chi connectivity index (χ1n) is 13.1. The van der Waals surface area contributed by atoms with E-state index in [1.807, 2.05) is 30.3 Å². The molecule has 2 aromatic rings. The van der Waals surface area contributed by atoms with Crippen molar-refractivity contribution in [3.05, 3.63) is 58.6 Å². The molecule has 0 bridgehead atoms. The van der Waals surface area contributed by atoms with E-state index in [9.17, 15) is 38.2 Å². The van der Waals surface area contributed by atoms with Crippen LogP contribution in [0.2, 0.25) is 0 Å². The number of carbonyl (C=O) groups is 1. The van der Waals surface area contributed by atoms with E-state index in [0.717, 1.165) is 10.1 Å². The lowest BCUT2D eigenvalue weighted by molar-refractivity contribution is -0.0449. The van der Waals surface area contributed by atoms with Crippen molar-refractivity contribution in [2.45, 2.75) is 31.0 Å². The van der Waals surface area contributed by atoms with E-state index in [2.05, 4.69) is 23.4 Å². The molecule has 6 N–H and O–H groups in total. The second kappa shape index (κ2) is 14.9. The molecule has 1 aromatic carbocycles. The van der Waals surface area contributed by atoms with Gasteiger partial charge in [-0.3, -0.25) is 9.09 Å². The van der Waals surface area contributed by atoms with Gasteiger partial charge in [0.05, 0.1) is 32.5 Å². The first-order chi connectivity index (χ1) is 21.1. The largest absolute Gasteiger partial charge is 0.490 e. The summed E-state index contributed by atoms with van der Waals surface area (Å²) < 4.78 is 63.3. The van der Waals surface area contributed by atoms with Gasteiger partial charge >= 0.3 is 35.3 Å². The highest BCUT2D eigenvalue weighted by Gasteiger charge is 2.43. The second-order valence-electron chi connectivity index (χ2n) is 9.59. The Kier molecular flexibility index (Phi) is 11.7. The minimum atomic E-state index is -5.71. The van der Waals surface area contributed by atoms with E-state index in [-0.39, 0.29) is 38.1 Å². The molecule has 1 amide bonds. The van der Waals surface area contributed by atoms with Crippen LogP contribution in [0, 0.1) is 0 Å². The minimum absolute atomic E-state index is 0.163.